The molecule has 0 atom stereocenters. The van der Waals surface area contributed by atoms with Crippen molar-refractivity contribution in [2.24, 2.45) is 0 Å². The SMILES string of the molecule is Cc1cccnc1S(=O)(=O)NC(=O)c1cc(F)cc(Br)c1C. The molecule has 0 fully saturated rings. The van der Waals surface area contributed by atoms with Crippen LogP contribution in [-0.4, -0.2) is 19.3 Å². The number of aryl methyl sites for hydroxylation is 1. The molecular weight excluding hydrogens is 375 g/mol. The van der Waals surface area contributed by atoms with Gasteiger partial charge in [-0.15, -0.1) is 0 Å². The summed E-state index contributed by atoms with van der Waals surface area (Å²) in [6.07, 6.45) is 1.32. The van der Waals surface area contributed by atoms with Crippen LogP contribution < -0.4 is 4.72 Å². The minimum Gasteiger partial charge on any atom is -0.268 e. The highest BCUT2D eigenvalue weighted by molar-refractivity contribution is 9.10. The van der Waals surface area contributed by atoms with E-state index >= 15 is 0 Å². The van der Waals surface area contributed by atoms with Gasteiger partial charge < -0.3 is 0 Å². The van der Waals surface area contributed by atoms with Gasteiger partial charge >= 0.3 is 0 Å². The van der Waals surface area contributed by atoms with Crippen LogP contribution in [0.15, 0.2) is 40.0 Å². The number of nitrogens with one attached hydrogen (secondary N) is 1. The summed E-state index contributed by atoms with van der Waals surface area (Å²) in [5.74, 6) is -1.56. The molecule has 0 saturated heterocycles. The van der Waals surface area contributed by atoms with E-state index in [4.69, 9.17) is 0 Å². The quantitative estimate of drug-likeness (QED) is 0.879. The van der Waals surface area contributed by atoms with E-state index in [1.807, 2.05) is 4.72 Å². The summed E-state index contributed by atoms with van der Waals surface area (Å²) in [4.78, 5) is 15.9. The molecule has 0 spiro atoms. The lowest BCUT2D eigenvalue weighted by molar-refractivity contribution is 0.0980. The molecule has 0 aliphatic carbocycles. The number of pyridine rings is 1. The number of hydrogen-bond acceptors (Lipinski definition) is 4. The molecule has 8 heteroatoms. The molecule has 5 nitrogen and oxygen atoms in total. The number of aromatic nitrogens is 1. The summed E-state index contributed by atoms with van der Waals surface area (Å²) in [7, 11) is -4.13. The molecule has 1 aromatic heterocycles. The van der Waals surface area contributed by atoms with Gasteiger partial charge in [0.15, 0.2) is 5.03 Å². The fourth-order valence-corrected chi connectivity index (χ4v) is 3.43. The highest BCUT2D eigenvalue weighted by atomic mass is 79.9. The van der Waals surface area contributed by atoms with Crippen molar-refractivity contribution in [2.75, 3.05) is 0 Å². The van der Waals surface area contributed by atoms with Crippen LogP contribution in [0.2, 0.25) is 0 Å². The van der Waals surface area contributed by atoms with Crippen molar-refractivity contribution in [1.29, 1.82) is 0 Å². The third kappa shape index (κ3) is 3.33. The first-order chi connectivity index (χ1) is 10.2. The van der Waals surface area contributed by atoms with Crippen molar-refractivity contribution in [2.45, 2.75) is 18.9 Å². The number of nitrogens with zero attached hydrogens (tertiary/aromatic N) is 1. The van der Waals surface area contributed by atoms with Gasteiger partial charge in [0.25, 0.3) is 15.9 Å². The average Bonchev–Trinajstić information content (AvgIpc) is 2.42. The van der Waals surface area contributed by atoms with Crippen molar-refractivity contribution in [3.63, 3.8) is 0 Å². The van der Waals surface area contributed by atoms with Crippen molar-refractivity contribution in [1.82, 2.24) is 9.71 Å². The summed E-state index contributed by atoms with van der Waals surface area (Å²) in [6.45, 7) is 3.15. The monoisotopic (exact) mass is 386 g/mol. The summed E-state index contributed by atoms with van der Waals surface area (Å²) < 4.78 is 40.1. The molecule has 116 valence electrons. The molecule has 1 N–H and O–H groups in total. The van der Waals surface area contributed by atoms with Crippen LogP contribution in [0.25, 0.3) is 0 Å². The molecule has 22 heavy (non-hydrogen) atoms. The number of amides is 1. The summed E-state index contributed by atoms with van der Waals surface area (Å²) in [5, 5.41) is -0.239. The normalized spacial score (nSPS) is 11.3. The average molecular weight is 387 g/mol. The lowest BCUT2D eigenvalue weighted by Gasteiger charge is -2.10. The third-order valence-electron chi connectivity index (χ3n) is 3.00. The molecule has 0 saturated carbocycles. The highest BCUT2D eigenvalue weighted by Crippen LogP contribution is 2.22. The van der Waals surface area contributed by atoms with E-state index in [0.717, 1.165) is 6.07 Å². The number of carbonyl (C=O) groups excluding carboxylic acids is 1. The van der Waals surface area contributed by atoms with Crippen molar-refractivity contribution >= 4 is 31.9 Å². The Labute approximate surface area is 135 Å². The second kappa shape index (κ2) is 6.13. The van der Waals surface area contributed by atoms with Gasteiger partial charge in [-0.3, -0.25) is 4.79 Å². The number of benzene rings is 1. The first-order valence-electron chi connectivity index (χ1n) is 6.17. The number of halogens is 2. The third-order valence-corrected chi connectivity index (χ3v) is 5.21. The Bertz CT molecular complexity index is 853. The van der Waals surface area contributed by atoms with E-state index in [1.54, 1.807) is 26.0 Å². The topological polar surface area (TPSA) is 76.1 Å². The van der Waals surface area contributed by atoms with E-state index in [9.17, 15) is 17.6 Å². The maximum absolute atomic E-state index is 13.4. The molecule has 2 aromatic rings. The molecule has 0 aliphatic heterocycles. The number of hydrogen-bond donors (Lipinski definition) is 1. The first-order valence-corrected chi connectivity index (χ1v) is 8.44. The minimum atomic E-state index is -4.13. The Morgan fingerprint density at radius 1 is 1.32 bits per heavy atom. The highest BCUT2D eigenvalue weighted by Gasteiger charge is 2.23. The Kier molecular flexibility index (Phi) is 4.62. The molecule has 1 heterocycles. The standard InChI is InChI=1S/C14H12BrFN2O3S/c1-8-4-3-5-17-14(8)22(20,21)18-13(19)11-6-10(16)7-12(15)9(11)2/h3-7H,1-2H3,(H,18,19). The molecule has 0 aliphatic rings. The van der Waals surface area contributed by atoms with Crippen molar-refractivity contribution < 1.29 is 17.6 Å². The van der Waals surface area contributed by atoms with Crippen LogP contribution in [0.1, 0.15) is 21.5 Å². The predicted octanol–water partition coefficient (Wildman–Crippen LogP) is 2.72. The summed E-state index contributed by atoms with van der Waals surface area (Å²) >= 11 is 3.12. The van der Waals surface area contributed by atoms with E-state index in [1.165, 1.54) is 12.3 Å². The molecule has 2 rings (SSSR count). The van der Waals surface area contributed by atoms with E-state index < -0.39 is 21.7 Å². The van der Waals surface area contributed by atoms with Crippen LogP contribution in [0, 0.1) is 19.7 Å². The number of carbonyl (C=O) groups is 1. The smallest absolute Gasteiger partial charge is 0.268 e. The molecule has 1 amide bonds. The van der Waals surface area contributed by atoms with E-state index in [2.05, 4.69) is 20.9 Å². The fourth-order valence-electron chi connectivity index (χ4n) is 1.86. The van der Waals surface area contributed by atoms with Gasteiger partial charge in [0.05, 0.1) is 0 Å². The lowest BCUT2D eigenvalue weighted by Crippen LogP contribution is -2.32. The first kappa shape index (κ1) is 16.6. The second-order valence-corrected chi connectivity index (χ2v) is 7.07. The van der Waals surface area contributed by atoms with Gasteiger partial charge in [-0.2, -0.15) is 8.42 Å². The van der Waals surface area contributed by atoms with Crippen LogP contribution in [-0.2, 0) is 10.0 Å². The van der Waals surface area contributed by atoms with Gasteiger partial charge in [0.1, 0.15) is 5.82 Å². The predicted molar refractivity (Wildman–Crippen MR) is 82.5 cm³/mol. The Morgan fingerprint density at radius 3 is 2.64 bits per heavy atom. The largest absolute Gasteiger partial charge is 0.282 e. The van der Waals surface area contributed by atoms with Crippen LogP contribution in [0.5, 0.6) is 0 Å². The number of sulfonamides is 1. The minimum absolute atomic E-state index is 0.0657. The van der Waals surface area contributed by atoms with Gasteiger partial charge in [0.2, 0.25) is 0 Å². The van der Waals surface area contributed by atoms with Gasteiger partial charge in [-0.25, -0.2) is 14.1 Å². The maximum Gasteiger partial charge on any atom is 0.282 e. The van der Waals surface area contributed by atoms with Crippen LogP contribution in [0.4, 0.5) is 4.39 Å². The van der Waals surface area contributed by atoms with Crippen molar-refractivity contribution in [3.8, 4) is 0 Å². The van der Waals surface area contributed by atoms with Crippen molar-refractivity contribution in [3.05, 3.63) is 57.4 Å². The second-order valence-electron chi connectivity index (χ2n) is 4.62. The lowest BCUT2D eigenvalue weighted by atomic mass is 10.1. The Hall–Kier alpha value is -1.80. The van der Waals surface area contributed by atoms with Crippen LogP contribution >= 0.6 is 15.9 Å². The molecule has 0 bridgehead atoms. The zero-order valence-corrected chi connectivity index (χ0v) is 14.1. The van der Waals surface area contributed by atoms with Crippen LogP contribution in [0.3, 0.4) is 0 Å². The molecular formula is C14H12BrFN2O3S. The summed E-state index contributed by atoms with van der Waals surface area (Å²) in [6, 6.07) is 5.33. The zero-order valence-electron chi connectivity index (χ0n) is 11.7. The Balaban J connectivity index is 2.39. The molecule has 0 radical (unpaired) electrons. The molecule has 0 unspecified atom stereocenters. The summed E-state index contributed by atoms with van der Waals surface area (Å²) in [5.41, 5.74) is 0.774. The van der Waals surface area contributed by atoms with Gasteiger partial charge in [-0.1, -0.05) is 22.0 Å². The maximum atomic E-state index is 13.4. The Morgan fingerprint density at radius 2 is 2.00 bits per heavy atom. The van der Waals surface area contributed by atoms with Gasteiger partial charge in [-0.05, 0) is 43.2 Å². The fraction of sp³-hybridized carbons (Fsp3) is 0.143. The molecule has 1 aromatic carbocycles. The van der Waals surface area contributed by atoms with E-state index in [0.29, 0.717) is 15.6 Å². The van der Waals surface area contributed by atoms with Gasteiger partial charge in [0, 0.05) is 16.2 Å². The van der Waals surface area contributed by atoms with E-state index in [-0.39, 0.29) is 10.6 Å². The number of rotatable bonds is 3. The zero-order chi connectivity index (χ0) is 16.5.